The zero-order valence-corrected chi connectivity index (χ0v) is 14.8. The summed E-state index contributed by atoms with van der Waals surface area (Å²) in [7, 11) is -3.66. The Kier molecular flexibility index (Phi) is 4.89. The summed E-state index contributed by atoms with van der Waals surface area (Å²) in [6, 6.07) is 14.2. The summed E-state index contributed by atoms with van der Waals surface area (Å²) in [5.41, 5.74) is 1.44. The topological polar surface area (TPSA) is 58.6 Å². The van der Waals surface area contributed by atoms with Gasteiger partial charge in [0.1, 0.15) is 4.90 Å². The maximum absolute atomic E-state index is 12.7. The summed E-state index contributed by atoms with van der Waals surface area (Å²) in [5.74, 6) is 0. The van der Waals surface area contributed by atoms with Gasteiger partial charge in [0.2, 0.25) is 0 Å². The highest BCUT2D eigenvalue weighted by molar-refractivity contribution is 9.10. The van der Waals surface area contributed by atoms with Crippen molar-refractivity contribution in [1.82, 2.24) is 0 Å². The van der Waals surface area contributed by atoms with E-state index in [4.69, 9.17) is 4.74 Å². The predicted molar refractivity (Wildman–Crippen MR) is 94.4 cm³/mol. The first kappa shape index (κ1) is 16.3. The van der Waals surface area contributed by atoms with Crippen molar-refractivity contribution < 1.29 is 13.2 Å². The molecule has 3 rings (SSSR count). The van der Waals surface area contributed by atoms with E-state index in [2.05, 4.69) is 25.6 Å². The van der Waals surface area contributed by atoms with Crippen molar-refractivity contribution in [2.75, 3.05) is 35.9 Å². The number of hydrogen-bond donors (Lipinski definition) is 1. The Morgan fingerprint density at radius 1 is 1.00 bits per heavy atom. The van der Waals surface area contributed by atoms with E-state index in [-0.39, 0.29) is 4.90 Å². The van der Waals surface area contributed by atoms with E-state index in [0.29, 0.717) is 23.4 Å². The number of sulfonamides is 1. The van der Waals surface area contributed by atoms with Crippen LogP contribution >= 0.6 is 15.9 Å². The Labute approximate surface area is 144 Å². The fraction of sp³-hybridized carbons (Fsp3) is 0.250. The summed E-state index contributed by atoms with van der Waals surface area (Å²) in [6.45, 7) is 2.78. The zero-order valence-electron chi connectivity index (χ0n) is 12.4. The fourth-order valence-electron chi connectivity index (χ4n) is 2.50. The van der Waals surface area contributed by atoms with Crippen LogP contribution in [-0.4, -0.2) is 34.7 Å². The number of halogens is 1. The van der Waals surface area contributed by atoms with E-state index < -0.39 is 10.0 Å². The Morgan fingerprint density at radius 2 is 1.65 bits per heavy atom. The lowest BCUT2D eigenvalue weighted by molar-refractivity contribution is 0.123. The number of morpholine rings is 1. The lowest BCUT2D eigenvalue weighted by Gasteiger charge is -2.30. The van der Waals surface area contributed by atoms with Crippen LogP contribution in [0.25, 0.3) is 0 Å². The van der Waals surface area contributed by atoms with E-state index in [1.54, 1.807) is 30.3 Å². The molecular weight excluding hydrogens is 380 g/mol. The second-order valence-corrected chi connectivity index (χ2v) is 7.66. The van der Waals surface area contributed by atoms with Gasteiger partial charge in [0, 0.05) is 17.6 Å². The number of nitrogens with zero attached hydrogens (tertiary/aromatic N) is 1. The minimum atomic E-state index is -3.66. The van der Waals surface area contributed by atoms with Crippen molar-refractivity contribution >= 4 is 37.3 Å². The van der Waals surface area contributed by atoms with Crippen LogP contribution in [0.1, 0.15) is 0 Å². The summed E-state index contributed by atoms with van der Waals surface area (Å²) in [5, 5.41) is 0. The van der Waals surface area contributed by atoms with E-state index in [1.807, 2.05) is 18.2 Å². The van der Waals surface area contributed by atoms with Crippen LogP contribution in [0.2, 0.25) is 0 Å². The number of benzene rings is 2. The van der Waals surface area contributed by atoms with Crippen LogP contribution < -0.4 is 9.62 Å². The third-order valence-corrected chi connectivity index (χ3v) is 6.00. The number of rotatable bonds is 4. The van der Waals surface area contributed by atoms with E-state index in [0.717, 1.165) is 18.8 Å². The first-order chi connectivity index (χ1) is 11.1. The molecule has 1 aliphatic heterocycles. The van der Waals surface area contributed by atoms with Gasteiger partial charge in [-0.2, -0.15) is 0 Å². The number of anilines is 2. The molecule has 2 aromatic carbocycles. The summed E-state index contributed by atoms with van der Waals surface area (Å²) >= 11 is 3.29. The van der Waals surface area contributed by atoms with Crippen molar-refractivity contribution in [2.24, 2.45) is 0 Å². The summed E-state index contributed by atoms with van der Waals surface area (Å²) < 4.78 is 33.9. The fourth-order valence-corrected chi connectivity index (χ4v) is 4.58. The number of hydrogen-bond acceptors (Lipinski definition) is 4. The van der Waals surface area contributed by atoms with Crippen LogP contribution in [0.3, 0.4) is 0 Å². The van der Waals surface area contributed by atoms with Gasteiger partial charge in [-0.25, -0.2) is 8.42 Å². The van der Waals surface area contributed by atoms with Gasteiger partial charge in [-0.3, -0.25) is 4.72 Å². The number of para-hydroxylation sites is 2. The molecule has 0 aliphatic carbocycles. The van der Waals surface area contributed by atoms with Crippen LogP contribution in [0.4, 0.5) is 11.4 Å². The van der Waals surface area contributed by atoms with Crippen molar-refractivity contribution in [3.05, 3.63) is 53.0 Å². The van der Waals surface area contributed by atoms with Gasteiger partial charge in [0.25, 0.3) is 10.0 Å². The molecule has 7 heteroatoms. The first-order valence-electron chi connectivity index (χ1n) is 7.27. The van der Waals surface area contributed by atoms with Crippen molar-refractivity contribution in [3.63, 3.8) is 0 Å². The quantitative estimate of drug-likeness (QED) is 0.862. The Bertz CT molecular complexity index is 789. The first-order valence-corrected chi connectivity index (χ1v) is 9.54. The third-order valence-electron chi connectivity index (χ3n) is 3.63. The molecule has 0 amide bonds. The van der Waals surface area contributed by atoms with E-state index in [1.165, 1.54) is 0 Å². The molecule has 1 saturated heterocycles. The summed E-state index contributed by atoms with van der Waals surface area (Å²) in [6.07, 6.45) is 0. The Morgan fingerprint density at radius 3 is 2.39 bits per heavy atom. The lowest BCUT2D eigenvalue weighted by atomic mass is 10.2. The minimum Gasteiger partial charge on any atom is -0.378 e. The molecule has 0 saturated carbocycles. The van der Waals surface area contributed by atoms with Crippen molar-refractivity contribution in [2.45, 2.75) is 4.90 Å². The monoisotopic (exact) mass is 396 g/mol. The van der Waals surface area contributed by atoms with Crippen LogP contribution in [0.5, 0.6) is 0 Å². The van der Waals surface area contributed by atoms with Gasteiger partial charge in [0.05, 0.1) is 24.6 Å². The number of nitrogens with one attached hydrogen (secondary N) is 1. The molecule has 23 heavy (non-hydrogen) atoms. The van der Waals surface area contributed by atoms with E-state index in [9.17, 15) is 8.42 Å². The average Bonchev–Trinajstić information content (AvgIpc) is 2.56. The second kappa shape index (κ2) is 6.90. The molecule has 0 bridgehead atoms. The normalized spacial score (nSPS) is 15.4. The molecule has 0 aromatic heterocycles. The van der Waals surface area contributed by atoms with Gasteiger partial charge in [-0.1, -0.05) is 24.3 Å². The summed E-state index contributed by atoms with van der Waals surface area (Å²) in [4.78, 5) is 2.35. The maximum atomic E-state index is 12.7. The standard InChI is InChI=1S/C16H17BrN2O3S/c17-13-5-1-4-8-16(13)23(20,21)18-14-6-2-3-7-15(14)19-9-11-22-12-10-19/h1-8,18H,9-12H2. The third kappa shape index (κ3) is 3.68. The van der Waals surface area contributed by atoms with Crippen molar-refractivity contribution in [1.29, 1.82) is 0 Å². The molecule has 1 N–H and O–H groups in total. The SMILES string of the molecule is O=S(=O)(Nc1ccccc1N1CCOCC1)c1ccccc1Br. The highest BCUT2D eigenvalue weighted by Crippen LogP contribution is 2.30. The molecule has 122 valence electrons. The molecule has 1 aliphatic rings. The molecule has 0 unspecified atom stereocenters. The molecule has 1 heterocycles. The second-order valence-electron chi connectivity index (χ2n) is 5.15. The van der Waals surface area contributed by atoms with Crippen molar-refractivity contribution in [3.8, 4) is 0 Å². The van der Waals surface area contributed by atoms with Gasteiger partial charge >= 0.3 is 0 Å². The molecule has 0 atom stereocenters. The minimum absolute atomic E-state index is 0.219. The molecule has 0 radical (unpaired) electrons. The van der Waals surface area contributed by atoms with E-state index >= 15 is 0 Å². The van der Waals surface area contributed by atoms with Gasteiger partial charge in [-0.05, 0) is 40.2 Å². The molecule has 5 nitrogen and oxygen atoms in total. The van der Waals surface area contributed by atoms with Crippen LogP contribution in [0, 0.1) is 0 Å². The predicted octanol–water partition coefficient (Wildman–Crippen LogP) is 3.09. The maximum Gasteiger partial charge on any atom is 0.263 e. The Balaban J connectivity index is 1.92. The lowest BCUT2D eigenvalue weighted by Crippen LogP contribution is -2.36. The molecule has 0 spiro atoms. The van der Waals surface area contributed by atoms with Crippen LogP contribution in [-0.2, 0) is 14.8 Å². The smallest absolute Gasteiger partial charge is 0.263 e. The van der Waals surface area contributed by atoms with Crippen LogP contribution in [0.15, 0.2) is 57.9 Å². The molecule has 2 aromatic rings. The Hall–Kier alpha value is -1.57. The average molecular weight is 397 g/mol. The highest BCUT2D eigenvalue weighted by atomic mass is 79.9. The highest BCUT2D eigenvalue weighted by Gasteiger charge is 2.21. The number of ether oxygens (including phenoxy) is 1. The van der Waals surface area contributed by atoms with Gasteiger partial charge in [0.15, 0.2) is 0 Å². The zero-order chi connectivity index (χ0) is 16.3. The molecular formula is C16H17BrN2O3S. The van der Waals surface area contributed by atoms with Gasteiger partial charge in [-0.15, -0.1) is 0 Å². The van der Waals surface area contributed by atoms with Gasteiger partial charge < -0.3 is 9.64 Å². The molecule has 1 fully saturated rings. The largest absolute Gasteiger partial charge is 0.378 e.